The number of carbonyl (C=O) groups is 1. The van der Waals surface area contributed by atoms with Crippen LogP contribution in [0.2, 0.25) is 0 Å². The third-order valence-electron chi connectivity index (χ3n) is 3.92. The first-order valence-corrected chi connectivity index (χ1v) is 8.59. The summed E-state index contributed by atoms with van der Waals surface area (Å²) in [7, 11) is 3.19. The van der Waals surface area contributed by atoms with Gasteiger partial charge >= 0.3 is 6.03 Å². The van der Waals surface area contributed by atoms with Crippen molar-refractivity contribution >= 4 is 11.7 Å². The van der Waals surface area contributed by atoms with Crippen LogP contribution >= 0.6 is 0 Å². The lowest BCUT2D eigenvalue weighted by atomic mass is 10.0. The normalized spacial score (nSPS) is 15.9. The lowest BCUT2D eigenvalue weighted by Crippen LogP contribution is -2.46. The molecule has 0 bridgehead atoms. The van der Waals surface area contributed by atoms with Crippen molar-refractivity contribution in [1.82, 2.24) is 10.2 Å². The molecule has 7 nitrogen and oxygen atoms in total. The van der Waals surface area contributed by atoms with Gasteiger partial charge in [0.2, 0.25) is 0 Å². The molecule has 0 aliphatic carbocycles. The Hall–Kier alpha value is -2.70. The van der Waals surface area contributed by atoms with Gasteiger partial charge in [0.1, 0.15) is 0 Å². The Morgan fingerprint density at radius 2 is 2.15 bits per heavy atom. The van der Waals surface area contributed by atoms with E-state index < -0.39 is 0 Å². The molecule has 26 heavy (non-hydrogen) atoms. The van der Waals surface area contributed by atoms with Gasteiger partial charge in [-0.3, -0.25) is 0 Å². The molecule has 0 saturated carbocycles. The predicted molar refractivity (Wildman–Crippen MR) is 101 cm³/mol. The number of rotatable bonds is 8. The van der Waals surface area contributed by atoms with E-state index >= 15 is 0 Å². The maximum Gasteiger partial charge on any atom is 0.318 e. The Kier molecular flexibility index (Phi) is 6.89. The van der Waals surface area contributed by atoms with Crippen molar-refractivity contribution in [2.24, 2.45) is 5.16 Å². The molecule has 0 saturated heterocycles. The van der Waals surface area contributed by atoms with Gasteiger partial charge in [-0.1, -0.05) is 11.2 Å². The third-order valence-corrected chi connectivity index (χ3v) is 3.92. The molecule has 7 heteroatoms. The SMILES string of the molecule is C=CCN(C[C@H]1CC(c2ccc(OC)c(OC)c2)=NO1)C(=O)NC(C)C. The summed E-state index contributed by atoms with van der Waals surface area (Å²) in [5, 5.41) is 7.08. The van der Waals surface area contributed by atoms with Gasteiger partial charge in [0.05, 0.1) is 26.5 Å². The van der Waals surface area contributed by atoms with Crippen LogP contribution in [0.1, 0.15) is 25.8 Å². The number of carbonyl (C=O) groups excluding carboxylic acids is 1. The lowest BCUT2D eigenvalue weighted by Gasteiger charge is -2.24. The Morgan fingerprint density at radius 1 is 1.42 bits per heavy atom. The van der Waals surface area contributed by atoms with E-state index in [9.17, 15) is 4.79 Å². The van der Waals surface area contributed by atoms with Crippen molar-refractivity contribution in [3.05, 3.63) is 36.4 Å². The zero-order valence-electron chi connectivity index (χ0n) is 15.8. The third kappa shape index (κ3) is 4.91. The van der Waals surface area contributed by atoms with Crippen LogP contribution < -0.4 is 14.8 Å². The van der Waals surface area contributed by atoms with Crippen molar-refractivity contribution in [1.29, 1.82) is 0 Å². The van der Waals surface area contributed by atoms with Gasteiger partial charge in [0.25, 0.3) is 0 Å². The highest BCUT2D eigenvalue weighted by atomic mass is 16.6. The van der Waals surface area contributed by atoms with E-state index in [1.54, 1.807) is 25.2 Å². The lowest BCUT2D eigenvalue weighted by molar-refractivity contribution is 0.0626. The number of benzene rings is 1. The van der Waals surface area contributed by atoms with Crippen LogP contribution in [0.15, 0.2) is 36.0 Å². The number of hydrogen-bond acceptors (Lipinski definition) is 5. The van der Waals surface area contributed by atoms with Crippen molar-refractivity contribution < 1.29 is 19.1 Å². The Morgan fingerprint density at radius 3 is 2.77 bits per heavy atom. The molecule has 1 aromatic carbocycles. The predicted octanol–water partition coefficient (Wildman–Crippen LogP) is 2.80. The smallest absolute Gasteiger partial charge is 0.318 e. The molecular formula is C19H27N3O4. The van der Waals surface area contributed by atoms with Crippen molar-refractivity contribution in [2.45, 2.75) is 32.4 Å². The molecule has 1 aliphatic heterocycles. The van der Waals surface area contributed by atoms with Gasteiger partial charge in [-0.25, -0.2) is 4.79 Å². The van der Waals surface area contributed by atoms with E-state index in [1.807, 2.05) is 32.0 Å². The Labute approximate surface area is 154 Å². The first kappa shape index (κ1) is 19.6. The van der Waals surface area contributed by atoms with Gasteiger partial charge in [0.15, 0.2) is 17.6 Å². The van der Waals surface area contributed by atoms with Crippen molar-refractivity contribution in [3.63, 3.8) is 0 Å². The number of methoxy groups -OCH3 is 2. The fraction of sp³-hybridized carbons (Fsp3) is 0.474. The van der Waals surface area contributed by atoms with Crippen LogP contribution in [0.3, 0.4) is 0 Å². The van der Waals surface area contributed by atoms with E-state index in [0.29, 0.717) is 31.0 Å². The summed E-state index contributed by atoms with van der Waals surface area (Å²) in [6.45, 7) is 8.45. The zero-order chi connectivity index (χ0) is 19.1. The van der Waals surface area contributed by atoms with Crippen molar-refractivity contribution in [2.75, 3.05) is 27.3 Å². The van der Waals surface area contributed by atoms with E-state index in [0.717, 1.165) is 11.3 Å². The maximum absolute atomic E-state index is 12.3. The maximum atomic E-state index is 12.3. The van der Waals surface area contributed by atoms with E-state index in [4.69, 9.17) is 14.3 Å². The minimum atomic E-state index is -0.198. The number of ether oxygens (including phenoxy) is 2. The molecule has 0 aromatic heterocycles. The van der Waals surface area contributed by atoms with Crippen LogP contribution in [0, 0.1) is 0 Å². The Balaban J connectivity index is 2.02. The first-order chi connectivity index (χ1) is 12.5. The molecule has 0 unspecified atom stereocenters. The number of nitrogens with zero attached hydrogens (tertiary/aromatic N) is 2. The molecule has 1 aromatic rings. The van der Waals surface area contributed by atoms with Crippen LogP contribution in [0.4, 0.5) is 4.79 Å². The van der Waals surface area contributed by atoms with Crippen LogP contribution in [0.5, 0.6) is 11.5 Å². The summed E-state index contributed by atoms with van der Waals surface area (Å²) >= 11 is 0. The number of nitrogens with one attached hydrogen (secondary N) is 1. The number of hydrogen-bond donors (Lipinski definition) is 1. The minimum absolute atomic E-state index is 0.0675. The van der Waals surface area contributed by atoms with Gasteiger partial charge < -0.3 is 24.5 Å². The van der Waals surface area contributed by atoms with E-state index in [1.165, 1.54) is 0 Å². The van der Waals surface area contributed by atoms with E-state index in [-0.39, 0.29) is 18.2 Å². The minimum Gasteiger partial charge on any atom is -0.493 e. The highest BCUT2D eigenvalue weighted by Gasteiger charge is 2.27. The number of amides is 2. The number of urea groups is 1. The molecule has 0 fully saturated rings. The molecule has 1 aliphatic rings. The molecule has 0 radical (unpaired) electrons. The highest BCUT2D eigenvalue weighted by molar-refractivity contribution is 6.01. The molecule has 1 heterocycles. The average molecular weight is 361 g/mol. The molecule has 0 spiro atoms. The second kappa shape index (κ2) is 9.12. The average Bonchev–Trinajstić information content (AvgIpc) is 3.08. The molecule has 1 N–H and O–H groups in total. The molecular weight excluding hydrogens is 334 g/mol. The summed E-state index contributed by atoms with van der Waals surface area (Å²) in [6, 6.07) is 5.56. The second-order valence-electron chi connectivity index (χ2n) is 6.34. The van der Waals surface area contributed by atoms with E-state index in [2.05, 4.69) is 17.1 Å². The fourth-order valence-electron chi connectivity index (χ4n) is 2.69. The van der Waals surface area contributed by atoms with Gasteiger partial charge in [0, 0.05) is 24.6 Å². The van der Waals surface area contributed by atoms with Crippen LogP contribution in [-0.2, 0) is 4.84 Å². The van der Waals surface area contributed by atoms with Crippen LogP contribution in [-0.4, -0.2) is 56.1 Å². The monoisotopic (exact) mass is 361 g/mol. The second-order valence-corrected chi connectivity index (χ2v) is 6.34. The summed E-state index contributed by atoms with van der Waals surface area (Å²) < 4.78 is 10.6. The Bertz CT molecular complexity index is 673. The quantitative estimate of drug-likeness (QED) is 0.723. The summed E-state index contributed by atoms with van der Waals surface area (Å²) in [6.07, 6.45) is 2.11. The molecule has 1 atom stereocenters. The molecule has 142 valence electrons. The topological polar surface area (TPSA) is 72.4 Å². The summed E-state index contributed by atoms with van der Waals surface area (Å²) in [5.41, 5.74) is 1.73. The zero-order valence-corrected chi connectivity index (χ0v) is 15.8. The molecule has 2 amide bonds. The summed E-state index contributed by atoms with van der Waals surface area (Å²) in [4.78, 5) is 19.5. The molecule has 2 rings (SSSR count). The summed E-state index contributed by atoms with van der Waals surface area (Å²) in [5.74, 6) is 1.30. The van der Waals surface area contributed by atoms with Crippen molar-refractivity contribution in [3.8, 4) is 11.5 Å². The van der Waals surface area contributed by atoms with Crippen LogP contribution in [0.25, 0.3) is 0 Å². The highest BCUT2D eigenvalue weighted by Crippen LogP contribution is 2.29. The van der Waals surface area contributed by atoms with Gasteiger partial charge in [-0.2, -0.15) is 0 Å². The largest absolute Gasteiger partial charge is 0.493 e. The first-order valence-electron chi connectivity index (χ1n) is 8.59. The number of oxime groups is 1. The standard InChI is InChI=1S/C19H27N3O4/c1-6-9-22(19(23)20-13(2)3)12-15-11-16(21-26-15)14-7-8-17(24-4)18(10-14)25-5/h6-8,10,13,15H,1,9,11-12H2,2-5H3,(H,20,23)/t15-/m1/s1. The van der Waals surface area contributed by atoms with Gasteiger partial charge in [-0.15, -0.1) is 6.58 Å². The fourth-order valence-corrected chi connectivity index (χ4v) is 2.69. The van der Waals surface area contributed by atoms with Gasteiger partial charge in [-0.05, 0) is 32.0 Å².